The average Bonchev–Trinajstić information content (AvgIpc) is 3.24. The summed E-state index contributed by atoms with van der Waals surface area (Å²) in [5.74, 6) is 0.974. The molecule has 1 aliphatic carbocycles. The lowest BCUT2D eigenvalue weighted by Crippen LogP contribution is -2.30. The highest BCUT2D eigenvalue weighted by atomic mass is 16.3. The smallest absolute Gasteiger partial charge is 0.228 e. The van der Waals surface area contributed by atoms with E-state index in [9.17, 15) is 9.90 Å². The Morgan fingerprint density at radius 3 is 2.62 bits per heavy atom. The summed E-state index contributed by atoms with van der Waals surface area (Å²) in [7, 11) is 2.02. The summed E-state index contributed by atoms with van der Waals surface area (Å²) in [6.45, 7) is 3.44. The predicted octanol–water partition coefficient (Wildman–Crippen LogP) is 4.36. The second-order valence-electron chi connectivity index (χ2n) is 9.99. The Balaban J connectivity index is 1.34. The first-order valence-electron chi connectivity index (χ1n) is 12.7. The highest BCUT2D eigenvalue weighted by Gasteiger charge is 2.26. The zero-order chi connectivity index (χ0) is 23.5. The maximum Gasteiger partial charge on any atom is 0.228 e. The molecule has 2 aliphatic rings. The minimum absolute atomic E-state index is 0.000583. The number of nitrogens with zero attached hydrogens (tertiary/aromatic N) is 4. The van der Waals surface area contributed by atoms with E-state index in [0.29, 0.717) is 11.7 Å². The number of carbonyl (C=O) groups excluding carboxylic acids is 1. The lowest BCUT2D eigenvalue weighted by molar-refractivity contribution is -0.121. The molecule has 0 atom stereocenters. The number of aliphatic hydroxyl groups is 1. The number of aromatic nitrogens is 3. The number of aryl methyl sites for hydroxylation is 1. The van der Waals surface area contributed by atoms with Crippen LogP contribution in [0.4, 0.5) is 5.82 Å². The first kappa shape index (κ1) is 23.0. The highest BCUT2D eigenvalue weighted by molar-refractivity contribution is 5.95. The van der Waals surface area contributed by atoms with Crippen LogP contribution in [0.5, 0.6) is 0 Å². The maximum atomic E-state index is 12.8. The third-order valence-corrected chi connectivity index (χ3v) is 7.64. The molecule has 7 heteroatoms. The molecule has 1 amide bonds. The van der Waals surface area contributed by atoms with E-state index in [1.165, 1.54) is 25.0 Å². The summed E-state index contributed by atoms with van der Waals surface area (Å²) < 4.78 is 2.00. The van der Waals surface area contributed by atoms with Gasteiger partial charge < -0.3 is 10.4 Å². The third kappa shape index (κ3) is 5.00. The monoisotopic (exact) mass is 461 g/mol. The van der Waals surface area contributed by atoms with Crippen molar-refractivity contribution in [1.82, 2.24) is 19.7 Å². The molecule has 7 nitrogen and oxygen atoms in total. The average molecular weight is 462 g/mol. The molecule has 3 aromatic rings. The second-order valence-corrected chi connectivity index (χ2v) is 9.99. The van der Waals surface area contributed by atoms with Crippen LogP contribution in [-0.2, 0) is 18.4 Å². The molecule has 2 aromatic heterocycles. The minimum Gasteiger partial charge on any atom is -0.396 e. The zero-order valence-corrected chi connectivity index (χ0v) is 20.0. The van der Waals surface area contributed by atoms with Crippen LogP contribution in [0.1, 0.15) is 50.6 Å². The fourth-order valence-electron chi connectivity index (χ4n) is 5.43. The number of carbonyl (C=O) groups is 1. The first-order valence-corrected chi connectivity index (χ1v) is 12.7. The summed E-state index contributed by atoms with van der Waals surface area (Å²) in [4.78, 5) is 19.8. The van der Waals surface area contributed by atoms with Crippen LogP contribution in [0.2, 0.25) is 0 Å². The molecule has 1 aromatic carbocycles. The number of fused-ring (bicyclic) bond motifs is 1. The van der Waals surface area contributed by atoms with Crippen LogP contribution < -0.4 is 5.32 Å². The van der Waals surface area contributed by atoms with Crippen molar-refractivity contribution < 1.29 is 9.90 Å². The number of pyridine rings is 1. The number of benzene rings is 1. The Hall–Kier alpha value is -2.77. The largest absolute Gasteiger partial charge is 0.396 e. The molecule has 34 heavy (non-hydrogen) atoms. The zero-order valence-electron chi connectivity index (χ0n) is 20.0. The van der Waals surface area contributed by atoms with Crippen molar-refractivity contribution in [3.63, 3.8) is 0 Å². The van der Waals surface area contributed by atoms with Gasteiger partial charge in [-0.3, -0.25) is 14.4 Å². The van der Waals surface area contributed by atoms with Crippen molar-refractivity contribution in [3.05, 3.63) is 42.4 Å². The lowest BCUT2D eigenvalue weighted by atomic mass is 9.82. The molecular weight excluding hydrogens is 426 g/mol. The summed E-state index contributed by atoms with van der Waals surface area (Å²) in [5.41, 5.74) is 3.54. The van der Waals surface area contributed by atoms with Crippen molar-refractivity contribution in [2.45, 2.75) is 51.5 Å². The Kier molecular flexibility index (Phi) is 6.92. The number of anilines is 1. The van der Waals surface area contributed by atoms with E-state index in [-0.39, 0.29) is 18.4 Å². The first-order chi connectivity index (χ1) is 16.6. The van der Waals surface area contributed by atoms with Crippen molar-refractivity contribution in [1.29, 1.82) is 0 Å². The van der Waals surface area contributed by atoms with Gasteiger partial charge in [-0.2, -0.15) is 5.10 Å². The predicted molar refractivity (Wildman–Crippen MR) is 134 cm³/mol. The van der Waals surface area contributed by atoms with Crippen LogP contribution in [0.15, 0.2) is 36.7 Å². The SMILES string of the molecule is Cn1ncc(-c2ccc3cnc(NC(=O)[C@H]4CC[C@H](CO)CC4)cc3c2)c1CN1CCCCC1. The van der Waals surface area contributed by atoms with Crippen molar-refractivity contribution in [2.24, 2.45) is 18.9 Å². The Labute approximate surface area is 201 Å². The van der Waals surface area contributed by atoms with Crippen molar-refractivity contribution >= 4 is 22.5 Å². The summed E-state index contributed by atoms with van der Waals surface area (Å²) in [5, 5.41) is 19.0. The van der Waals surface area contributed by atoms with Crippen LogP contribution >= 0.6 is 0 Å². The van der Waals surface area contributed by atoms with Crippen LogP contribution in [0, 0.1) is 11.8 Å². The van der Waals surface area contributed by atoms with E-state index < -0.39 is 0 Å². The number of likely N-dealkylation sites (tertiary alicyclic amines) is 1. The Morgan fingerprint density at radius 2 is 1.85 bits per heavy atom. The molecule has 0 unspecified atom stereocenters. The van der Waals surface area contributed by atoms with Gasteiger partial charge in [-0.1, -0.05) is 18.6 Å². The topological polar surface area (TPSA) is 83.3 Å². The summed E-state index contributed by atoms with van der Waals surface area (Å²) >= 11 is 0. The summed E-state index contributed by atoms with van der Waals surface area (Å²) in [6, 6.07) is 8.38. The number of nitrogens with one attached hydrogen (secondary N) is 1. The molecule has 3 heterocycles. The van der Waals surface area contributed by atoms with E-state index in [1.54, 1.807) is 0 Å². The normalized spacial score (nSPS) is 21.6. The Bertz CT molecular complexity index is 1140. The van der Waals surface area contributed by atoms with Gasteiger partial charge in [0, 0.05) is 43.3 Å². The Morgan fingerprint density at radius 1 is 1.06 bits per heavy atom. The van der Waals surface area contributed by atoms with E-state index in [4.69, 9.17) is 0 Å². The van der Waals surface area contributed by atoms with Gasteiger partial charge in [-0.05, 0) is 80.6 Å². The van der Waals surface area contributed by atoms with Gasteiger partial charge in [0.25, 0.3) is 0 Å². The van der Waals surface area contributed by atoms with Crippen LogP contribution in [-0.4, -0.2) is 50.4 Å². The lowest BCUT2D eigenvalue weighted by Gasteiger charge is -2.26. The summed E-state index contributed by atoms with van der Waals surface area (Å²) in [6.07, 6.45) is 11.1. The highest BCUT2D eigenvalue weighted by Crippen LogP contribution is 2.31. The van der Waals surface area contributed by atoms with Gasteiger partial charge in [-0.25, -0.2) is 4.98 Å². The molecular formula is C27H35N5O2. The van der Waals surface area contributed by atoms with E-state index in [1.807, 2.05) is 30.2 Å². The van der Waals surface area contributed by atoms with Crippen molar-refractivity contribution in [2.75, 3.05) is 25.0 Å². The minimum atomic E-state index is -0.000583. The van der Waals surface area contributed by atoms with Gasteiger partial charge in [0.1, 0.15) is 5.82 Å². The molecule has 5 rings (SSSR count). The number of aliphatic hydroxyl groups excluding tert-OH is 1. The molecule has 180 valence electrons. The maximum absolute atomic E-state index is 12.8. The van der Waals surface area contributed by atoms with Gasteiger partial charge >= 0.3 is 0 Å². The van der Waals surface area contributed by atoms with Gasteiger partial charge in [0.2, 0.25) is 5.91 Å². The number of amides is 1. The molecule has 0 radical (unpaired) electrons. The van der Waals surface area contributed by atoms with Gasteiger partial charge in [0.05, 0.1) is 11.9 Å². The molecule has 2 N–H and O–H groups in total. The van der Waals surface area contributed by atoms with Crippen LogP contribution in [0.25, 0.3) is 21.9 Å². The number of rotatable bonds is 6. The van der Waals surface area contributed by atoms with E-state index >= 15 is 0 Å². The molecule has 0 bridgehead atoms. The molecule has 1 saturated carbocycles. The van der Waals surface area contributed by atoms with Gasteiger partial charge in [-0.15, -0.1) is 0 Å². The van der Waals surface area contributed by atoms with Crippen molar-refractivity contribution in [3.8, 4) is 11.1 Å². The fraction of sp³-hybridized carbons (Fsp3) is 0.519. The molecule has 2 fully saturated rings. The van der Waals surface area contributed by atoms with Gasteiger partial charge in [0.15, 0.2) is 0 Å². The van der Waals surface area contributed by atoms with E-state index in [0.717, 1.165) is 67.2 Å². The fourth-order valence-corrected chi connectivity index (χ4v) is 5.43. The third-order valence-electron chi connectivity index (χ3n) is 7.64. The quantitative estimate of drug-likeness (QED) is 0.570. The number of hydrogen-bond donors (Lipinski definition) is 2. The number of hydrogen-bond acceptors (Lipinski definition) is 5. The van der Waals surface area contributed by atoms with Crippen LogP contribution in [0.3, 0.4) is 0 Å². The van der Waals surface area contributed by atoms with E-state index in [2.05, 4.69) is 38.5 Å². The standard InChI is InChI=1S/C27H35N5O2/c1-31-25(17-32-11-3-2-4-12-32)24(16-29-31)21-9-10-22-15-28-26(14-23(22)13-21)30-27(34)20-7-5-19(18-33)6-8-20/h9-10,13-16,19-20,33H,2-8,11-12,17-18H2,1H3,(H,28,30,34)/t19-,20-. The molecule has 0 spiro atoms. The number of piperidine rings is 1. The second kappa shape index (κ2) is 10.2. The molecule has 1 saturated heterocycles. The molecule has 1 aliphatic heterocycles.